The third-order valence-corrected chi connectivity index (χ3v) is 3.85. The molecule has 24 heavy (non-hydrogen) atoms. The van der Waals surface area contributed by atoms with Crippen LogP contribution < -0.4 is 10.6 Å². The number of hydrogen-bond acceptors (Lipinski definition) is 5. The van der Waals surface area contributed by atoms with Gasteiger partial charge in [0.25, 0.3) is 5.91 Å². The van der Waals surface area contributed by atoms with Gasteiger partial charge in [-0.15, -0.1) is 11.3 Å². The molecule has 120 valence electrons. The highest BCUT2D eigenvalue weighted by Gasteiger charge is 2.11. The average molecular weight is 338 g/mol. The Hall–Kier alpha value is -3.06. The number of nitrogens with zero attached hydrogens (tertiary/aromatic N) is 2. The molecule has 0 radical (unpaired) electrons. The molecule has 2 N–H and O–H groups in total. The average Bonchev–Trinajstić information content (AvgIpc) is 3.04. The van der Waals surface area contributed by atoms with Gasteiger partial charge in [0.2, 0.25) is 5.91 Å². The first-order chi connectivity index (χ1) is 11.6. The van der Waals surface area contributed by atoms with Crippen LogP contribution in [0.2, 0.25) is 0 Å². The maximum absolute atomic E-state index is 12.3. The lowest BCUT2D eigenvalue weighted by atomic mass is 10.2. The van der Waals surface area contributed by atoms with E-state index in [2.05, 4.69) is 20.6 Å². The minimum absolute atomic E-state index is 0.188. The lowest BCUT2D eigenvalue weighted by Crippen LogP contribution is -2.13. The van der Waals surface area contributed by atoms with Gasteiger partial charge in [-0.1, -0.05) is 12.1 Å². The normalized spacial score (nSPS) is 10.2. The van der Waals surface area contributed by atoms with Crippen LogP contribution in [0.4, 0.5) is 10.8 Å². The highest BCUT2D eigenvalue weighted by Crippen LogP contribution is 2.23. The summed E-state index contributed by atoms with van der Waals surface area (Å²) in [5.41, 5.74) is 2.48. The third kappa shape index (κ3) is 3.82. The minimum Gasteiger partial charge on any atom is -0.326 e. The van der Waals surface area contributed by atoms with Crippen molar-refractivity contribution in [3.63, 3.8) is 0 Å². The standard InChI is InChI=1S/C17H14N4O2S/c1-11(22)19-13-6-4-5-12(9-13)16(23)21-17-20-15(10-24-17)14-7-2-3-8-18-14/h2-10H,1H3,(H,19,22)(H,20,21,23). The quantitative estimate of drug-likeness (QED) is 0.763. The first-order valence-corrected chi connectivity index (χ1v) is 8.06. The van der Waals surface area contributed by atoms with Crippen LogP contribution in [0, 0.1) is 0 Å². The number of rotatable bonds is 4. The lowest BCUT2D eigenvalue weighted by Gasteiger charge is -2.05. The van der Waals surface area contributed by atoms with Crippen LogP contribution >= 0.6 is 11.3 Å². The van der Waals surface area contributed by atoms with E-state index in [1.54, 1.807) is 30.5 Å². The Morgan fingerprint density at radius 2 is 1.92 bits per heavy atom. The number of thiazole rings is 1. The minimum atomic E-state index is -0.288. The van der Waals surface area contributed by atoms with E-state index in [1.165, 1.54) is 18.3 Å². The van der Waals surface area contributed by atoms with Crippen molar-refractivity contribution in [3.05, 3.63) is 59.6 Å². The molecular weight excluding hydrogens is 324 g/mol. The molecule has 2 amide bonds. The lowest BCUT2D eigenvalue weighted by molar-refractivity contribution is -0.114. The van der Waals surface area contributed by atoms with Crippen LogP contribution in [0.5, 0.6) is 0 Å². The van der Waals surface area contributed by atoms with E-state index in [9.17, 15) is 9.59 Å². The second-order valence-electron chi connectivity index (χ2n) is 4.97. The van der Waals surface area contributed by atoms with E-state index in [0.717, 1.165) is 5.69 Å². The molecule has 2 heterocycles. The summed E-state index contributed by atoms with van der Waals surface area (Å²) in [5.74, 6) is -0.475. The summed E-state index contributed by atoms with van der Waals surface area (Å²) in [5, 5.41) is 7.74. The van der Waals surface area contributed by atoms with E-state index >= 15 is 0 Å². The molecule has 0 saturated carbocycles. The van der Waals surface area contributed by atoms with Crippen LogP contribution in [0.25, 0.3) is 11.4 Å². The highest BCUT2D eigenvalue weighted by atomic mass is 32.1. The molecular formula is C17H14N4O2S. The molecule has 3 aromatic rings. The Balaban J connectivity index is 1.73. The van der Waals surface area contributed by atoms with E-state index in [1.807, 2.05) is 23.6 Å². The Bertz CT molecular complexity index is 877. The molecule has 1 aromatic carbocycles. The molecule has 6 nitrogen and oxygen atoms in total. The van der Waals surface area contributed by atoms with Gasteiger partial charge in [0.1, 0.15) is 5.69 Å². The molecule has 7 heteroatoms. The summed E-state index contributed by atoms with van der Waals surface area (Å²) in [6, 6.07) is 12.3. The fourth-order valence-corrected chi connectivity index (χ4v) is 2.77. The van der Waals surface area contributed by atoms with Gasteiger partial charge in [-0.2, -0.15) is 0 Å². The van der Waals surface area contributed by atoms with Crippen molar-refractivity contribution < 1.29 is 9.59 Å². The predicted octanol–water partition coefficient (Wildman–Crippen LogP) is 3.42. The number of anilines is 2. The van der Waals surface area contributed by atoms with Crippen molar-refractivity contribution in [2.75, 3.05) is 10.6 Å². The number of aromatic nitrogens is 2. The van der Waals surface area contributed by atoms with Crippen LogP contribution in [-0.2, 0) is 4.79 Å². The van der Waals surface area contributed by atoms with Gasteiger partial charge in [-0.25, -0.2) is 4.98 Å². The van der Waals surface area contributed by atoms with E-state index in [4.69, 9.17) is 0 Å². The van der Waals surface area contributed by atoms with Gasteiger partial charge < -0.3 is 5.32 Å². The van der Waals surface area contributed by atoms with Gasteiger partial charge >= 0.3 is 0 Å². The fourth-order valence-electron chi connectivity index (χ4n) is 2.07. The van der Waals surface area contributed by atoms with Gasteiger partial charge in [-0.3, -0.25) is 19.9 Å². The summed E-state index contributed by atoms with van der Waals surface area (Å²) in [6.07, 6.45) is 1.69. The van der Waals surface area contributed by atoms with Gasteiger partial charge in [0.05, 0.1) is 5.69 Å². The van der Waals surface area contributed by atoms with Crippen LogP contribution in [0.3, 0.4) is 0 Å². The number of pyridine rings is 1. The van der Waals surface area contributed by atoms with E-state index in [0.29, 0.717) is 22.1 Å². The second-order valence-corrected chi connectivity index (χ2v) is 5.83. The topological polar surface area (TPSA) is 84.0 Å². The van der Waals surface area contributed by atoms with E-state index < -0.39 is 0 Å². The number of amides is 2. The fraction of sp³-hybridized carbons (Fsp3) is 0.0588. The summed E-state index contributed by atoms with van der Waals surface area (Å²) >= 11 is 1.33. The van der Waals surface area contributed by atoms with Crippen LogP contribution in [0.1, 0.15) is 17.3 Å². The third-order valence-electron chi connectivity index (χ3n) is 3.10. The second kappa shape index (κ2) is 7.01. The number of carbonyl (C=O) groups excluding carboxylic acids is 2. The monoisotopic (exact) mass is 338 g/mol. The molecule has 0 aliphatic rings. The van der Waals surface area contributed by atoms with Crippen LogP contribution in [-0.4, -0.2) is 21.8 Å². The maximum atomic E-state index is 12.3. The van der Waals surface area contributed by atoms with Gasteiger partial charge in [0.15, 0.2) is 5.13 Å². The molecule has 0 atom stereocenters. The zero-order valence-electron chi connectivity index (χ0n) is 12.8. The Morgan fingerprint density at radius 1 is 1.04 bits per heavy atom. The molecule has 0 bridgehead atoms. The zero-order chi connectivity index (χ0) is 16.9. The largest absolute Gasteiger partial charge is 0.326 e. The first kappa shape index (κ1) is 15.8. The van der Waals surface area contributed by atoms with E-state index in [-0.39, 0.29) is 11.8 Å². The molecule has 0 aliphatic carbocycles. The van der Waals surface area contributed by atoms with Crippen molar-refractivity contribution in [1.29, 1.82) is 0 Å². The van der Waals surface area contributed by atoms with Crippen molar-refractivity contribution >= 4 is 34.0 Å². The Kier molecular flexibility index (Phi) is 4.62. The smallest absolute Gasteiger partial charge is 0.257 e. The van der Waals surface area contributed by atoms with Crippen molar-refractivity contribution in [3.8, 4) is 11.4 Å². The summed E-state index contributed by atoms with van der Waals surface area (Å²) in [4.78, 5) is 32.0. The number of hydrogen-bond donors (Lipinski definition) is 2. The van der Waals surface area contributed by atoms with Crippen molar-refractivity contribution in [2.45, 2.75) is 6.92 Å². The molecule has 0 saturated heterocycles. The SMILES string of the molecule is CC(=O)Nc1cccc(C(=O)Nc2nc(-c3ccccn3)cs2)c1. The highest BCUT2D eigenvalue weighted by molar-refractivity contribution is 7.14. The van der Waals surface area contributed by atoms with Gasteiger partial charge in [-0.05, 0) is 30.3 Å². The molecule has 0 spiro atoms. The number of nitrogens with one attached hydrogen (secondary N) is 2. The Labute approximate surface area is 142 Å². The van der Waals surface area contributed by atoms with Crippen molar-refractivity contribution in [1.82, 2.24) is 9.97 Å². The predicted molar refractivity (Wildman–Crippen MR) is 94.0 cm³/mol. The summed E-state index contributed by atoms with van der Waals surface area (Å²) < 4.78 is 0. The molecule has 0 aliphatic heterocycles. The van der Waals surface area contributed by atoms with Gasteiger partial charge in [0, 0.05) is 29.8 Å². The molecule has 3 rings (SSSR count). The number of carbonyl (C=O) groups is 2. The molecule has 0 fully saturated rings. The maximum Gasteiger partial charge on any atom is 0.257 e. The molecule has 2 aromatic heterocycles. The van der Waals surface area contributed by atoms with Crippen molar-refractivity contribution in [2.24, 2.45) is 0 Å². The van der Waals surface area contributed by atoms with Crippen LogP contribution in [0.15, 0.2) is 54.0 Å². The summed E-state index contributed by atoms with van der Waals surface area (Å²) in [7, 11) is 0. The zero-order valence-corrected chi connectivity index (χ0v) is 13.6. The first-order valence-electron chi connectivity index (χ1n) is 7.18. The summed E-state index contributed by atoms with van der Waals surface area (Å²) in [6.45, 7) is 1.42. The molecule has 0 unspecified atom stereocenters. The Morgan fingerprint density at radius 3 is 2.67 bits per heavy atom. The number of benzene rings is 1.